The number of hydrogen-bond donors (Lipinski definition) is 1. The van der Waals surface area contributed by atoms with Gasteiger partial charge in [0.25, 0.3) is 0 Å². The van der Waals surface area contributed by atoms with Crippen LogP contribution < -0.4 is 0 Å². The summed E-state index contributed by atoms with van der Waals surface area (Å²) in [5, 5.41) is 9.43. The summed E-state index contributed by atoms with van der Waals surface area (Å²) in [7, 11) is 0. The van der Waals surface area contributed by atoms with Crippen molar-refractivity contribution in [3.63, 3.8) is 0 Å². The van der Waals surface area contributed by atoms with Gasteiger partial charge in [-0.15, -0.1) is 0 Å². The van der Waals surface area contributed by atoms with E-state index in [4.69, 9.17) is 0 Å². The van der Waals surface area contributed by atoms with Crippen LogP contribution in [0.3, 0.4) is 0 Å². The maximum absolute atomic E-state index is 9.43. The summed E-state index contributed by atoms with van der Waals surface area (Å²) >= 11 is 0. The summed E-state index contributed by atoms with van der Waals surface area (Å²) in [5.41, 5.74) is 1.40. The smallest absolute Gasteiger partial charge is 0.140 e. The lowest BCUT2D eigenvalue weighted by molar-refractivity contribution is 0.273. The number of benzene rings is 1. The summed E-state index contributed by atoms with van der Waals surface area (Å²) in [6.45, 7) is 7.12. The number of aliphatic hydroxyl groups excluding tert-OH is 1. The summed E-state index contributed by atoms with van der Waals surface area (Å²) in [6.07, 6.45) is 0.678. The fourth-order valence-electron chi connectivity index (χ4n) is 0.878. The van der Waals surface area contributed by atoms with Gasteiger partial charge in [0.15, 0.2) is 0 Å². The van der Waals surface area contributed by atoms with Crippen molar-refractivity contribution in [3.05, 3.63) is 60.7 Å². The molecule has 1 N–H and O–H groups in total. The van der Waals surface area contributed by atoms with Crippen LogP contribution in [0.15, 0.2) is 55.1 Å². The van der Waals surface area contributed by atoms with Crippen LogP contribution in [0.25, 0.3) is 0 Å². The van der Waals surface area contributed by atoms with E-state index in [0.29, 0.717) is 5.57 Å². The van der Waals surface area contributed by atoms with E-state index in [-0.39, 0.29) is 0 Å². The van der Waals surface area contributed by atoms with Crippen molar-refractivity contribution in [1.82, 2.24) is 0 Å². The predicted molar refractivity (Wildman–Crippen MR) is 58.7 cm³/mol. The first-order valence-electron chi connectivity index (χ1n) is 4.30. The maximum Gasteiger partial charge on any atom is 0.140 e. The van der Waals surface area contributed by atoms with Crippen molar-refractivity contribution in [2.24, 2.45) is 0 Å². The minimum absolute atomic E-state index is 0.522. The summed E-state index contributed by atoms with van der Waals surface area (Å²) in [5.74, 6) is 5.54. The minimum Gasteiger partial charge on any atom is -0.376 e. The normalized spacial score (nSPS) is 10.9. The monoisotopic (exact) mass is 184 g/mol. The molecule has 14 heavy (non-hydrogen) atoms. The molecule has 0 aliphatic heterocycles. The first-order valence-corrected chi connectivity index (χ1v) is 4.30. The van der Waals surface area contributed by atoms with E-state index in [0.717, 1.165) is 5.56 Å². The molecule has 0 radical (unpaired) electrons. The SMILES string of the molecule is C=CC(=C)C(O)C#Cc1ccccc1. The van der Waals surface area contributed by atoms with Crippen molar-refractivity contribution >= 4 is 0 Å². The van der Waals surface area contributed by atoms with Crippen LogP contribution in [0.5, 0.6) is 0 Å². The van der Waals surface area contributed by atoms with Crippen molar-refractivity contribution in [2.45, 2.75) is 6.10 Å². The quantitative estimate of drug-likeness (QED) is 0.551. The molecule has 0 heterocycles. The van der Waals surface area contributed by atoms with Gasteiger partial charge in [-0.3, -0.25) is 0 Å². The maximum atomic E-state index is 9.43. The first-order chi connectivity index (χ1) is 6.74. The molecule has 1 nitrogen and oxygen atoms in total. The highest BCUT2D eigenvalue weighted by Gasteiger charge is 1.98. The molecule has 0 saturated carbocycles. The summed E-state index contributed by atoms with van der Waals surface area (Å²) < 4.78 is 0. The van der Waals surface area contributed by atoms with Gasteiger partial charge in [-0.2, -0.15) is 0 Å². The molecular formula is C13H12O. The van der Waals surface area contributed by atoms with Crippen LogP contribution in [0.2, 0.25) is 0 Å². The van der Waals surface area contributed by atoms with Gasteiger partial charge in [0, 0.05) is 5.56 Å². The van der Waals surface area contributed by atoms with Crippen molar-refractivity contribution in [3.8, 4) is 11.8 Å². The van der Waals surface area contributed by atoms with Gasteiger partial charge in [-0.05, 0) is 17.7 Å². The predicted octanol–water partition coefficient (Wildman–Crippen LogP) is 2.14. The van der Waals surface area contributed by atoms with E-state index in [1.165, 1.54) is 6.08 Å². The first kappa shape index (κ1) is 10.3. The Bertz CT molecular complexity index is 379. The Morgan fingerprint density at radius 1 is 1.36 bits per heavy atom. The van der Waals surface area contributed by atoms with Gasteiger partial charge in [-0.25, -0.2) is 0 Å². The zero-order valence-corrected chi connectivity index (χ0v) is 7.90. The lowest BCUT2D eigenvalue weighted by Crippen LogP contribution is -2.03. The van der Waals surface area contributed by atoms with E-state index < -0.39 is 6.10 Å². The van der Waals surface area contributed by atoms with Crippen molar-refractivity contribution in [2.75, 3.05) is 0 Å². The number of aliphatic hydroxyl groups is 1. The van der Waals surface area contributed by atoms with Crippen LogP contribution in [0, 0.1) is 11.8 Å². The van der Waals surface area contributed by atoms with E-state index in [2.05, 4.69) is 25.0 Å². The van der Waals surface area contributed by atoms with Crippen LogP contribution in [-0.4, -0.2) is 11.2 Å². The molecule has 1 heteroatoms. The van der Waals surface area contributed by atoms with Gasteiger partial charge in [-0.1, -0.05) is 49.3 Å². The Kier molecular flexibility index (Phi) is 3.72. The lowest BCUT2D eigenvalue weighted by Gasteiger charge is -1.99. The van der Waals surface area contributed by atoms with Crippen LogP contribution in [0.1, 0.15) is 5.56 Å². The van der Waals surface area contributed by atoms with Gasteiger partial charge >= 0.3 is 0 Å². The Hall–Kier alpha value is -1.78. The van der Waals surface area contributed by atoms with E-state index in [1.807, 2.05) is 30.3 Å². The minimum atomic E-state index is -0.826. The molecule has 0 amide bonds. The van der Waals surface area contributed by atoms with Crippen molar-refractivity contribution < 1.29 is 5.11 Å². The highest BCUT2D eigenvalue weighted by atomic mass is 16.3. The van der Waals surface area contributed by atoms with Gasteiger partial charge < -0.3 is 5.11 Å². The Balaban J connectivity index is 2.74. The van der Waals surface area contributed by atoms with E-state index >= 15 is 0 Å². The fourth-order valence-corrected chi connectivity index (χ4v) is 0.878. The van der Waals surface area contributed by atoms with Crippen molar-refractivity contribution in [1.29, 1.82) is 0 Å². The fraction of sp³-hybridized carbons (Fsp3) is 0.0769. The molecule has 0 fully saturated rings. The Morgan fingerprint density at radius 2 is 2.00 bits per heavy atom. The van der Waals surface area contributed by atoms with Gasteiger partial charge in [0.1, 0.15) is 6.10 Å². The average molecular weight is 184 g/mol. The molecule has 70 valence electrons. The van der Waals surface area contributed by atoms with Crippen LogP contribution in [0.4, 0.5) is 0 Å². The topological polar surface area (TPSA) is 20.2 Å². The van der Waals surface area contributed by atoms with Gasteiger partial charge in [0.2, 0.25) is 0 Å². The highest BCUT2D eigenvalue weighted by Crippen LogP contribution is 2.00. The molecule has 1 aromatic carbocycles. The third-order valence-electron chi connectivity index (χ3n) is 1.74. The Morgan fingerprint density at radius 3 is 2.57 bits per heavy atom. The van der Waals surface area contributed by atoms with E-state index in [1.54, 1.807) is 0 Å². The standard InChI is InChI=1S/C13H12O/c1-3-11(2)13(14)10-9-12-7-5-4-6-8-12/h3-8,13-14H,1-2H2. The second kappa shape index (κ2) is 5.06. The highest BCUT2D eigenvalue weighted by molar-refractivity contribution is 5.37. The second-order valence-electron chi connectivity index (χ2n) is 2.82. The lowest BCUT2D eigenvalue weighted by atomic mass is 10.1. The zero-order chi connectivity index (χ0) is 10.4. The molecule has 0 aromatic heterocycles. The third kappa shape index (κ3) is 2.93. The molecular weight excluding hydrogens is 172 g/mol. The zero-order valence-electron chi connectivity index (χ0n) is 7.90. The molecule has 0 saturated heterocycles. The Labute approximate surface area is 84.4 Å². The number of rotatable bonds is 2. The summed E-state index contributed by atoms with van der Waals surface area (Å²) in [6, 6.07) is 9.49. The molecule has 1 rings (SSSR count). The third-order valence-corrected chi connectivity index (χ3v) is 1.74. The molecule has 0 spiro atoms. The van der Waals surface area contributed by atoms with E-state index in [9.17, 15) is 5.11 Å². The molecule has 0 aliphatic carbocycles. The molecule has 0 aliphatic rings. The molecule has 0 bridgehead atoms. The van der Waals surface area contributed by atoms with Crippen LogP contribution >= 0.6 is 0 Å². The van der Waals surface area contributed by atoms with Gasteiger partial charge in [0.05, 0.1) is 0 Å². The molecule has 1 atom stereocenters. The molecule has 1 aromatic rings. The largest absolute Gasteiger partial charge is 0.376 e. The number of hydrogen-bond acceptors (Lipinski definition) is 1. The average Bonchev–Trinajstić information content (AvgIpc) is 2.26. The summed E-state index contributed by atoms with van der Waals surface area (Å²) in [4.78, 5) is 0. The van der Waals surface area contributed by atoms with Crippen LogP contribution in [-0.2, 0) is 0 Å². The molecule has 1 unspecified atom stereocenters. The second-order valence-corrected chi connectivity index (χ2v) is 2.82.